The lowest BCUT2D eigenvalue weighted by molar-refractivity contribution is -0.121. The molecule has 1 aromatic carbocycles. The topological polar surface area (TPSA) is 41.1 Å². The van der Waals surface area contributed by atoms with Crippen LogP contribution in [0, 0.1) is 5.82 Å². The van der Waals surface area contributed by atoms with Crippen molar-refractivity contribution in [2.75, 3.05) is 0 Å². The van der Waals surface area contributed by atoms with Gasteiger partial charge in [-0.25, -0.2) is 4.39 Å². The first kappa shape index (κ1) is 12.6. The molecule has 2 bridgehead atoms. The summed E-state index contributed by atoms with van der Waals surface area (Å²) in [4.78, 5) is 12.0. The van der Waals surface area contributed by atoms with E-state index in [1.807, 2.05) is 0 Å². The van der Waals surface area contributed by atoms with Crippen LogP contribution in [0.3, 0.4) is 0 Å². The van der Waals surface area contributed by atoms with Gasteiger partial charge in [-0.05, 0) is 43.4 Å². The van der Waals surface area contributed by atoms with E-state index in [1.54, 1.807) is 12.1 Å². The number of carbonyl (C=O) groups excluding carboxylic acids is 1. The standard InChI is InChI=1S/C15H19FN2O/c16-11-3-1-10(2-4-11)7-15(19)18-14-8-12-5-6-13(9-14)17-12/h1-4,12-14,17H,5-9H2,(H,18,19). The number of benzene rings is 1. The number of hydrogen-bond acceptors (Lipinski definition) is 2. The number of rotatable bonds is 3. The zero-order valence-electron chi connectivity index (χ0n) is 10.9. The van der Waals surface area contributed by atoms with E-state index in [9.17, 15) is 9.18 Å². The molecule has 0 aliphatic carbocycles. The Labute approximate surface area is 112 Å². The molecule has 102 valence electrons. The fraction of sp³-hybridized carbons (Fsp3) is 0.533. The summed E-state index contributed by atoms with van der Waals surface area (Å²) < 4.78 is 12.8. The predicted octanol–water partition coefficient (Wildman–Crippen LogP) is 1.77. The molecule has 3 rings (SSSR count). The molecule has 2 unspecified atom stereocenters. The summed E-state index contributed by atoms with van der Waals surface area (Å²) in [5.74, 6) is -0.225. The number of nitrogens with one attached hydrogen (secondary N) is 2. The monoisotopic (exact) mass is 262 g/mol. The van der Waals surface area contributed by atoms with Crippen LogP contribution in [0.1, 0.15) is 31.2 Å². The summed E-state index contributed by atoms with van der Waals surface area (Å²) in [6, 6.07) is 7.58. The predicted molar refractivity (Wildman–Crippen MR) is 71.2 cm³/mol. The maximum Gasteiger partial charge on any atom is 0.224 e. The minimum Gasteiger partial charge on any atom is -0.353 e. The highest BCUT2D eigenvalue weighted by Gasteiger charge is 2.33. The molecule has 1 aromatic rings. The molecule has 2 heterocycles. The van der Waals surface area contributed by atoms with Crippen molar-refractivity contribution in [3.05, 3.63) is 35.6 Å². The van der Waals surface area contributed by atoms with Crippen LogP contribution >= 0.6 is 0 Å². The van der Waals surface area contributed by atoms with Gasteiger partial charge in [-0.3, -0.25) is 4.79 Å². The van der Waals surface area contributed by atoms with E-state index in [0.717, 1.165) is 18.4 Å². The van der Waals surface area contributed by atoms with E-state index in [0.29, 0.717) is 24.5 Å². The second-order valence-corrected chi connectivity index (χ2v) is 5.68. The smallest absolute Gasteiger partial charge is 0.224 e. The van der Waals surface area contributed by atoms with Crippen molar-refractivity contribution >= 4 is 5.91 Å². The molecular weight excluding hydrogens is 243 g/mol. The van der Waals surface area contributed by atoms with Crippen molar-refractivity contribution in [3.8, 4) is 0 Å². The number of halogens is 1. The summed E-state index contributed by atoms with van der Waals surface area (Å²) in [6.07, 6.45) is 4.86. The van der Waals surface area contributed by atoms with Crippen LogP contribution < -0.4 is 10.6 Å². The quantitative estimate of drug-likeness (QED) is 0.871. The molecule has 2 atom stereocenters. The van der Waals surface area contributed by atoms with Gasteiger partial charge in [0.05, 0.1) is 6.42 Å². The molecule has 4 heteroatoms. The van der Waals surface area contributed by atoms with Gasteiger partial charge in [-0.2, -0.15) is 0 Å². The Hall–Kier alpha value is -1.42. The van der Waals surface area contributed by atoms with Crippen molar-refractivity contribution in [2.45, 2.75) is 50.2 Å². The molecule has 0 aromatic heterocycles. The van der Waals surface area contributed by atoms with Crippen molar-refractivity contribution < 1.29 is 9.18 Å². The molecule has 0 radical (unpaired) electrons. The number of carbonyl (C=O) groups is 1. The fourth-order valence-electron chi connectivity index (χ4n) is 3.24. The van der Waals surface area contributed by atoms with Gasteiger partial charge in [0, 0.05) is 18.1 Å². The van der Waals surface area contributed by atoms with Gasteiger partial charge in [0.2, 0.25) is 5.91 Å². The van der Waals surface area contributed by atoms with Crippen LogP contribution in [-0.4, -0.2) is 24.0 Å². The third-order valence-corrected chi connectivity index (χ3v) is 4.12. The Morgan fingerprint density at radius 3 is 2.47 bits per heavy atom. The van der Waals surface area contributed by atoms with Crippen LogP contribution in [0.15, 0.2) is 24.3 Å². The fourth-order valence-corrected chi connectivity index (χ4v) is 3.24. The second-order valence-electron chi connectivity index (χ2n) is 5.68. The van der Waals surface area contributed by atoms with E-state index in [4.69, 9.17) is 0 Å². The summed E-state index contributed by atoms with van der Waals surface area (Å²) in [5, 5.41) is 6.67. The molecule has 2 aliphatic rings. The van der Waals surface area contributed by atoms with Crippen LogP contribution in [0.4, 0.5) is 4.39 Å². The minimum absolute atomic E-state index is 0.0397. The number of fused-ring (bicyclic) bond motifs is 2. The average Bonchev–Trinajstić information content (AvgIpc) is 2.72. The number of amides is 1. The molecule has 0 saturated carbocycles. The van der Waals surface area contributed by atoms with Crippen molar-refractivity contribution in [3.63, 3.8) is 0 Å². The largest absolute Gasteiger partial charge is 0.353 e. The van der Waals surface area contributed by atoms with Crippen molar-refractivity contribution in [1.29, 1.82) is 0 Å². The van der Waals surface area contributed by atoms with E-state index in [-0.39, 0.29) is 11.7 Å². The van der Waals surface area contributed by atoms with Gasteiger partial charge in [-0.15, -0.1) is 0 Å². The van der Waals surface area contributed by atoms with Crippen LogP contribution in [0.2, 0.25) is 0 Å². The van der Waals surface area contributed by atoms with Gasteiger partial charge < -0.3 is 10.6 Å². The van der Waals surface area contributed by atoms with Gasteiger partial charge in [-0.1, -0.05) is 12.1 Å². The lowest BCUT2D eigenvalue weighted by atomic mass is 9.99. The normalized spacial score (nSPS) is 29.2. The minimum atomic E-state index is -0.265. The molecule has 2 N–H and O–H groups in total. The van der Waals surface area contributed by atoms with E-state index < -0.39 is 0 Å². The maximum atomic E-state index is 12.8. The van der Waals surface area contributed by atoms with Gasteiger partial charge in [0.15, 0.2) is 0 Å². The van der Waals surface area contributed by atoms with Crippen molar-refractivity contribution in [1.82, 2.24) is 10.6 Å². The van der Waals surface area contributed by atoms with E-state index in [1.165, 1.54) is 25.0 Å². The van der Waals surface area contributed by atoms with Gasteiger partial charge >= 0.3 is 0 Å². The van der Waals surface area contributed by atoms with Crippen LogP contribution in [0.5, 0.6) is 0 Å². The number of hydrogen-bond donors (Lipinski definition) is 2. The first-order chi connectivity index (χ1) is 9.19. The van der Waals surface area contributed by atoms with Gasteiger partial charge in [0.25, 0.3) is 0 Å². The van der Waals surface area contributed by atoms with E-state index >= 15 is 0 Å². The van der Waals surface area contributed by atoms with E-state index in [2.05, 4.69) is 10.6 Å². The molecule has 1 amide bonds. The summed E-state index contributed by atoms with van der Waals surface area (Å²) >= 11 is 0. The first-order valence-electron chi connectivity index (χ1n) is 6.99. The number of piperidine rings is 1. The first-order valence-corrected chi connectivity index (χ1v) is 6.99. The Bertz CT molecular complexity index is 448. The lowest BCUT2D eigenvalue weighted by Gasteiger charge is -2.29. The highest BCUT2D eigenvalue weighted by atomic mass is 19.1. The Kier molecular flexibility index (Phi) is 3.51. The molecule has 2 saturated heterocycles. The molecule has 0 spiro atoms. The Balaban J connectivity index is 1.52. The molecule has 2 fully saturated rings. The summed E-state index contributed by atoms with van der Waals surface area (Å²) in [6.45, 7) is 0. The van der Waals surface area contributed by atoms with Crippen molar-refractivity contribution in [2.24, 2.45) is 0 Å². The van der Waals surface area contributed by atoms with Crippen LogP contribution in [0.25, 0.3) is 0 Å². The second kappa shape index (κ2) is 5.29. The Morgan fingerprint density at radius 2 is 1.84 bits per heavy atom. The zero-order chi connectivity index (χ0) is 13.2. The molecule has 3 nitrogen and oxygen atoms in total. The molecular formula is C15H19FN2O. The van der Waals surface area contributed by atoms with Crippen LogP contribution in [-0.2, 0) is 11.2 Å². The maximum absolute atomic E-state index is 12.8. The highest BCUT2D eigenvalue weighted by Crippen LogP contribution is 2.26. The summed E-state index contributed by atoms with van der Waals surface area (Å²) in [5.41, 5.74) is 0.857. The third-order valence-electron chi connectivity index (χ3n) is 4.12. The molecule has 2 aliphatic heterocycles. The highest BCUT2D eigenvalue weighted by molar-refractivity contribution is 5.78. The molecule has 19 heavy (non-hydrogen) atoms. The average molecular weight is 262 g/mol. The summed E-state index contributed by atoms with van der Waals surface area (Å²) in [7, 11) is 0. The SMILES string of the molecule is O=C(Cc1ccc(F)cc1)NC1CC2CCC(C1)N2. The van der Waals surface area contributed by atoms with Gasteiger partial charge in [0.1, 0.15) is 5.82 Å². The Morgan fingerprint density at radius 1 is 1.21 bits per heavy atom. The zero-order valence-corrected chi connectivity index (χ0v) is 10.9. The third kappa shape index (κ3) is 3.13. The lowest BCUT2D eigenvalue weighted by Crippen LogP contribution is -2.48.